The third-order valence-electron chi connectivity index (χ3n) is 4.17. The number of nitrogens with zero attached hydrogens (tertiary/aromatic N) is 3. The van der Waals surface area contributed by atoms with Crippen molar-refractivity contribution in [1.82, 2.24) is 19.8 Å². The number of H-pyrrole nitrogens is 1. The molecule has 132 valence electrons. The fourth-order valence-electron chi connectivity index (χ4n) is 2.97. The molecule has 4 rings (SSSR count). The van der Waals surface area contributed by atoms with E-state index >= 15 is 0 Å². The van der Waals surface area contributed by atoms with Crippen LogP contribution in [-0.2, 0) is 9.84 Å². The van der Waals surface area contributed by atoms with Crippen molar-refractivity contribution in [3.05, 3.63) is 62.9 Å². The molecule has 4 aromatic rings. The van der Waals surface area contributed by atoms with Gasteiger partial charge in [-0.2, -0.15) is 4.98 Å². The van der Waals surface area contributed by atoms with Crippen LogP contribution in [0.4, 0.5) is 0 Å². The minimum atomic E-state index is -3.95. The van der Waals surface area contributed by atoms with Crippen LogP contribution >= 0.6 is 11.6 Å². The zero-order chi connectivity index (χ0) is 18.6. The standard InChI is InChI=1S/C17H13ClN4O3S/c1-9-3-6-14(10(2)7-9)26(24,25)17-15-19-16(23)12-8-11(18)4-5-13(12)22(15)21-20-17/h3-8,21H,1-2H3. The van der Waals surface area contributed by atoms with Crippen LogP contribution < -0.4 is 5.56 Å². The fourth-order valence-corrected chi connectivity index (χ4v) is 4.62. The molecular weight excluding hydrogens is 376 g/mol. The van der Waals surface area contributed by atoms with E-state index in [0.29, 0.717) is 16.1 Å². The van der Waals surface area contributed by atoms with E-state index in [1.807, 2.05) is 6.92 Å². The van der Waals surface area contributed by atoms with E-state index in [1.165, 1.54) is 16.6 Å². The van der Waals surface area contributed by atoms with Crippen LogP contribution in [0.5, 0.6) is 0 Å². The molecule has 0 saturated carbocycles. The number of aromatic nitrogens is 4. The number of benzene rings is 2. The molecule has 0 unspecified atom stereocenters. The third kappa shape index (κ3) is 2.41. The Morgan fingerprint density at radius 2 is 1.88 bits per heavy atom. The second-order valence-corrected chi connectivity index (χ2v) is 8.30. The first-order valence-corrected chi connectivity index (χ1v) is 9.54. The van der Waals surface area contributed by atoms with Crippen LogP contribution in [0.2, 0.25) is 5.02 Å². The number of nitrogens with one attached hydrogen (secondary N) is 1. The number of fused-ring (bicyclic) bond motifs is 3. The number of aromatic amines is 1. The average Bonchev–Trinajstić information content (AvgIpc) is 2.99. The Labute approximate surface area is 153 Å². The van der Waals surface area contributed by atoms with E-state index in [1.54, 1.807) is 31.2 Å². The number of sulfone groups is 1. The van der Waals surface area contributed by atoms with Crippen LogP contribution in [0.25, 0.3) is 16.6 Å². The van der Waals surface area contributed by atoms with Gasteiger partial charge in [0.2, 0.25) is 14.9 Å². The number of halogens is 1. The normalized spacial score (nSPS) is 12.1. The van der Waals surface area contributed by atoms with Crippen molar-refractivity contribution in [1.29, 1.82) is 0 Å². The van der Waals surface area contributed by atoms with Crippen LogP contribution in [0.3, 0.4) is 0 Å². The van der Waals surface area contributed by atoms with Crippen LogP contribution in [0.1, 0.15) is 11.1 Å². The Hall–Kier alpha value is -2.71. The summed E-state index contributed by atoms with van der Waals surface area (Å²) in [7, 11) is -3.95. The van der Waals surface area contributed by atoms with Gasteiger partial charge in [-0.1, -0.05) is 29.3 Å². The zero-order valence-corrected chi connectivity index (χ0v) is 15.4. The lowest BCUT2D eigenvalue weighted by Gasteiger charge is -2.06. The minimum absolute atomic E-state index is 0.0511. The van der Waals surface area contributed by atoms with Crippen molar-refractivity contribution in [2.24, 2.45) is 0 Å². The van der Waals surface area contributed by atoms with Crippen LogP contribution in [-0.4, -0.2) is 28.2 Å². The fraction of sp³-hybridized carbons (Fsp3) is 0.118. The van der Waals surface area contributed by atoms with Crippen molar-refractivity contribution in [2.45, 2.75) is 23.8 Å². The topological polar surface area (TPSA) is 97.2 Å². The van der Waals surface area contributed by atoms with Crippen molar-refractivity contribution >= 4 is 38.0 Å². The highest BCUT2D eigenvalue weighted by Crippen LogP contribution is 2.26. The summed E-state index contributed by atoms with van der Waals surface area (Å²) in [6, 6.07) is 9.72. The second-order valence-electron chi connectivity index (χ2n) is 6.03. The Morgan fingerprint density at radius 1 is 1.12 bits per heavy atom. The summed E-state index contributed by atoms with van der Waals surface area (Å²) >= 11 is 5.93. The maximum Gasteiger partial charge on any atom is 0.281 e. The summed E-state index contributed by atoms with van der Waals surface area (Å²) in [4.78, 5) is 16.4. The molecule has 2 aromatic heterocycles. The summed E-state index contributed by atoms with van der Waals surface area (Å²) in [6.45, 7) is 3.59. The molecule has 0 radical (unpaired) electrons. The Morgan fingerprint density at radius 3 is 2.62 bits per heavy atom. The summed E-state index contributed by atoms with van der Waals surface area (Å²) in [5, 5.41) is 6.93. The van der Waals surface area contributed by atoms with Gasteiger partial charge in [-0.25, -0.2) is 18.1 Å². The van der Waals surface area contributed by atoms with E-state index in [0.717, 1.165) is 5.56 Å². The van der Waals surface area contributed by atoms with Gasteiger partial charge < -0.3 is 0 Å². The van der Waals surface area contributed by atoms with Gasteiger partial charge in [-0.3, -0.25) is 4.79 Å². The predicted octanol–water partition coefficient (Wildman–Crippen LogP) is 2.67. The molecule has 9 heteroatoms. The molecule has 0 aliphatic heterocycles. The van der Waals surface area contributed by atoms with Gasteiger partial charge in [0.25, 0.3) is 5.56 Å². The molecule has 2 aromatic carbocycles. The molecule has 0 bridgehead atoms. The number of hydrogen-bond acceptors (Lipinski definition) is 5. The molecule has 0 aliphatic rings. The Balaban J connectivity index is 2.05. The quantitative estimate of drug-likeness (QED) is 0.569. The first-order chi connectivity index (χ1) is 12.3. The SMILES string of the molecule is Cc1ccc(S(=O)(=O)c2n[nH]n3c2nc(=O)c2cc(Cl)ccc23)c(C)c1. The van der Waals surface area contributed by atoms with Crippen molar-refractivity contribution in [3.63, 3.8) is 0 Å². The molecule has 1 N–H and O–H groups in total. The largest absolute Gasteiger partial charge is 0.281 e. The van der Waals surface area contributed by atoms with Crippen LogP contribution in [0, 0.1) is 13.8 Å². The Bertz CT molecular complexity index is 1360. The summed E-state index contributed by atoms with van der Waals surface area (Å²) in [5.74, 6) is 0. The highest BCUT2D eigenvalue weighted by molar-refractivity contribution is 7.91. The van der Waals surface area contributed by atoms with Crippen molar-refractivity contribution in [3.8, 4) is 0 Å². The minimum Gasteiger partial charge on any atom is -0.267 e. The Kier molecular flexibility index (Phi) is 3.64. The number of rotatable bonds is 2. The van der Waals surface area contributed by atoms with E-state index in [2.05, 4.69) is 15.3 Å². The van der Waals surface area contributed by atoms with Crippen LogP contribution in [0.15, 0.2) is 51.1 Å². The maximum atomic E-state index is 13.1. The van der Waals surface area contributed by atoms with Gasteiger partial charge in [-0.05, 0) is 43.7 Å². The monoisotopic (exact) mass is 388 g/mol. The molecule has 2 heterocycles. The highest BCUT2D eigenvalue weighted by atomic mass is 35.5. The van der Waals surface area contributed by atoms with E-state index in [-0.39, 0.29) is 21.0 Å². The lowest BCUT2D eigenvalue weighted by Crippen LogP contribution is -2.12. The number of hydrogen-bond donors (Lipinski definition) is 1. The zero-order valence-electron chi connectivity index (χ0n) is 13.8. The molecule has 7 nitrogen and oxygen atoms in total. The van der Waals surface area contributed by atoms with Gasteiger partial charge in [0.05, 0.1) is 15.8 Å². The summed E-state index contributed by atoms with van der Waals surface area (Å²) in [5.41, 5.74) is 1.37. The van der Waals surface area contributed by atoms with Crippen molar-refractivity contribution in [2.75, 3.05) is 0 Å². The lowest BCUT2D eigenvalue weighted by molar-refractivity contribution is 0.592. The third-order valence-corrected chi connectivity index (χ3v) is 6.22. The second kappa shape index (κ2) is 5.65. The first kappa shape index (κ1) is 16.7. The van der Waals surface area contributed by atoms with Gasteiger partial charge in [0, 0.05) is 5.02 Å². The molecular formula is C17H13ClN4O3S. The predicted molar refractivity (Wildman–Crippen MR) is 97.5 cm³/mol. The molecule has 0 amide bonds. The molecule has 0 aliphatic carbocycles. The molecule has 0 fully saturated rings. The molecule has 0 saturated heterocycles. The molecule has 0 spiro atoms. The van der Waals surface area contributed by atoms with E-state index in [9.17, 15) is 13.2 Å². The summed E-state index contributed by atoms with van der Waals surface area (Å²) in [6.07, 6.45) is 0. The smallest absolute Gasteiger partial charge is 0.267 e. The lowest BCUT2D eigenvalue weighted by atomic mass is 10.2. The van der Waals surface area contributed by atoms with Gasteiger partial charge in [0.15, 0.2) is 5.65 Å². The highest BCUT2D eigenvalue weighted by Gasteiger charge is 2.27. The van der Waals surface area contributed by atoms with Crippen molar-refractivity contribution < 1.29 is 8.42 Å². The van der Waals surface area contributed by atoms with E-state index < -0.39 is 15.4 Å². The first-order valence-electron chi connectivity index (χ1n) is 7.68. The maximum absolute atomic E-state index is 13.1. The average molecular weight is 389 g/mol. The molecule has 0 atom stereocenters. The van der Waals surface area contributed by atoms with Gasteiger partial charge >= 0.3 is 0 Å². The van der Waals surface area contributed by atoms with E-state index in [4.69, 9.17) is 11.6 Å². The number of aryl methyl sites for hydroxylation is 2. The molecule has 26 heavy (non-hydrogen) atoms. The summed E-state index contributed by atoms with van der Waals surface area (Å²) < 4.78 is 27.5. The van der Waals surface area contributed by atoms with Gasteiger partial charge in [-0.15, -0.1) is 5.10 Å². The van der Waals surface area contributed by atoms with Gasteiger partial charge in [0.1, 0.15) is 0 Å².